The average molecular weight is 284 g/mol. The summed E-state index contributed by atoms with van der Waals surface area (Å²) in [4.78, 5) is 24.4. The molecule has 20 heavy (non-hydrogen) atoms. The molecular weight excluding hydrogens is 256 g/mol. The Morgan fingerprint density at radius 1 is 1.30 bits per heavy atom. The Morgan fingerprint density at radius 2 is 1.95 bits per heavy atom. The Bertz CT molecular complexity index is 312. The van der Waals surface area contributed by atoms with Gasteiger partial charge in [0.1, 0.15) is 0 Å². The zero-order valence-electron chi connectivity index (χ0n) is 12.7. The highest BCUT2D eigenvalue weighted by Gasteiger charge is 2.23. The van der Waals surface area contributed by atoms with Crippen molar-refractivity contribution in [2.45, 2.75) is 46.0 Å². The summed E-state index contributed by atoms with van der Waals surface area (Å²) in [6.45, 7) is 8.56. The maximum atomic E-state index is 11.6. The minimum atomic E-state index is -0.839. The van der Waals surface area contributed by atoms with E-state index in [1.807, 2.05) is 0 Å². The Morgan fingerprint density at radius 3 is 2.50 bits per heavy atom. The quantitative estimate of drug-likeness (QED) is 0.712. The van der Waals surface area contributed by atoms with Crippen molar-refractivity contribution < 1.29 is 14.7 Å². The zero-order chi connectivity index (χ0) is 15.0. The van der Waals surface area contributed by atoms with Crippen LogP contribution in [0.4, 0.5) is 0 Å². The molecule has 2 N–H and O–H groups in total. The number of carboxylic acid groups (broad SMARTS) is 1. The molecule has 5 heteroatoms. The zero-order valence-corrected chi connectivity index (χ0v) is 12.7. The lowest BCUT2D eigenvalue weighted by atomic mass is 9.85. The van der Waals surface area contributed by atoms with Crippen molar-refractivity contribution in [3.63, 3.8) is 0 Å². The van der Waals surface area contributed by atoms with E-state index in [0.29, 0.717) is 31.2 Å². The van der Waals surface area contributed by atoms with E-state index in [0.717, 1.165) is 19.6 Å². The molecule has 0 bridgehead atoms. The Kier molecular flexibility index (Phi) is 7.59. The van der Waals surface area contributed by atoms with E-state index < -0.39 is 5.97 Å². The second kappa shape index (κ2) is 8.95. The lowest BCUT2D eigenvalue weighted by Gasteiger charge is -2.34. The molecule has 0 radical (unpaired) electrons. The molecule has 1 heterocycles. The van der Waals surface area contributed by atoms with Gasteiger partial charge in [-0.3, -0.25) is 9.59 Å². The summed E-state index contributed by atoms with van der Waals surface area (Å²) in [6.07, 6.45) is 3.23. The lowest BCUT2D eigenvalue weighted by molar-refractivity contribution is -0.137. The van der Waals surface area contributed by atoms with E-state index in [1.54, 1.807) is 0 Å². The first kappa shape index (κ1) is 17.0. The van der Waals surface area contributed by atoms with Gasteiger partial charge in [-0.1, -0.05) is 13.8 Å². The summed E-state index contributed by atoms with van der Waals surface area (Å²) < 4.78 is 0. The van der Waals surface area contributed by atoms with Crippen molar-refractivity contribution >= 4 is 11.9 Å². The molecule has 116 valence electrons. The van der Waals surface area contributed by atoms with Crippen LogP contribution in [0.1, 0.15) is 46.0 Å². The SMILES string of the molecule is CCN1CCC(C(C)CNC(=O)CCCC(=O)O)CC1. The number of carbonyl (C=O) groups is 2. The van der Waals surface area contributed by atoms with Gasteiger partial charge >= 0.3 is 5.97 Å². The monoisotopic (exact) mass is 284 g/mol. The number of likely N-dealkylation sites (tertiary alicyclic amines) is 1. The summed E-state index contributed by atoms with van der Waals surface area (Å²) in [6, 6.07) is 0. The highest BCUT2D eigenvalue weighted by molar-refractivity contribution is 5.76. The number of carbonyl (C=O) groups excluding carboxylic acids is 1. The third kappa shape index (κ3) is 6.37. The number of hydrogen-bond acceptors (Lipinski definition) is 3. The van der Waals surface area contributed by atoms with Gasteiger partial charge in [-0.2, -0.15) is 0 Å². The molecule has 0 aromatic rings. The third-order valence-corrected chi connectivity index (χ3v) is 4.30. The number of piperidine rings is 1. The molecule has 1 aliphatic heterocycles. The van der Waals surface area contributed by atoms with E-state index in [1.165, 1.54) is 12.8 Å². The largest absolute Gasteiger partial charge is 0.481 e. The molecule has 0 saturated carbocycles. The van der Waals surface area contributed by atoms with Crippen LogP contribution in [-0.2, 0) is 9.59 Å². The van der Waals surface area contributed by atoms with Crippen LogP contribution in [0, 0.1) is 11.8 Å². The Balaban J connectivity index is 2.14. The van der Waals surface area contributed by atoms with Crippen molar-refractivity contribution in [2.75, 3.05) is 26.2 Å². The van der Waals surface area contributed by atoms with E-state index in [9.17, 15) is 9.59 Å². The summed E-state index contributed by atoms with van der Waals surface area (Å²) in [7, 11) is 0. The van der Waals surface area contributed by atoms with Crippen LogP contribution in [0.25, 0.3) is 0 Å². The van der Waals surface area contributed by atoms with Crippen molar-refractivity contribution in [3.05, 3.63) is 0 Å². The molecule has 1 rings (SSSR count). The van der Waals surface area contributed by atoms with Crippen LogP contribution in [0.15, 0.2) is 0 Å². The molecule has 1 amide bonds. The molecular formula is C15H28N2O3. The Hall–Kier alpha value is -1.10. The first-order valence-electron chi connectivity index (χ1n) is 7.73. The second-order valence-electron chi connectivity index (χ2n) is 5.80. The predicted octanol–water partition coefficient (Wildman–Crippen LogP) is 1.73. The van der Waals surface area contributed by atoms with E-state index in [4.69, 9.17) is 5.11 Å². The lowest BCUT2D eigenvalue weighted by Crippen LogP contribution is -2.38. The van der Waals surface area contributed by atoms with Crippen LogP contribution in [0.2, 0.25) is 0 Å². The van der Waals surface area contributed by atoms with Gasteiger partial charge in [-0.25, -0.2) is 0 Å². The molecule has 0 aromatic carbocycles. The molecule has 1 unspecified atom stereocenters. The number of nitrogens with zero attached hydrogens (tertiary/aromatic N) is 1. The molecule has 0 spiro atoms. The minimum absolute atomic E-state index is 0.0240. The number of carboxylic acids is 1. The molecule has 1 saturated heterocycles. The number of hydrogen-bond donors (Lipinski definition) is 2. The van der Waals surface area contributed by atoms with Crippen molar-refractivity contribution in [2.24, 2.45) is 11.8 Å². The fourth-order valence-corrected chi connectivity index (χ4v) is 2.77. The van der Waals surface area contributed by atoms with Gasteiger partial charge in [-0.15, -0.1) is 0 Å². The van der Waals surface area contributed by atoms with Crippen LogP contribution in [0.3, 0.4) is 0 Å². The molecule has 0 aliphatic carbocycles. The molecule has 0 aromatic heterocycles. The average Bonchev–Trinajstić information content (AvgIpc) is 2.44. The highest BCUT2D eigenvalue weighted by Crippen LogP contribution is 2.24. The number of aliphatic carboxylic acids is 1. The van der Waals surface area contributed by atoms with Gasteiger partial charge in [0.15, 0.2) is 0 Å². The fourth-order valence-electron chi connectivity index (χ4n) is 2.77. The highest BCUT2D eigenvalue weighted by atomic mass is 16.4. The molecule has 5 nitrogen and oxygen atoms in total. The van der Waals surface area contributed by atoms with Crippen LogP contribution in [-0.4, -0.2) is 48.1 Å². The normalized spacial score (nSPS) is 18.7. The number of amides is 1. The topological polar surface area (TPSA) is 69.6 Å². The Labute approximate surface area is 121 Å². The third-order valence-electron chi connectivity index (χ3n) is 4.30. The first-order valence-corrected chi connectivity index (χ1v) is 7.73. The maximum absolute atomic E-state index is 11.6. The van der Waals surface area contributed by atoms with E-state index in [2.05, 4.69) is 24.1 Å². The summed E-state index contributed by atoms with van der Waals surface area (Å²) in [5.41, 5.74) is 0. The summed E-state index contributed by atoms with van der Waals surface area (Å²) in [5, 5.41) is 11.5. The maximum Gasteiger partial charge on any atom is 0.303 e. The second-order valence-corrected chi connectivity index (χ2v) is 5.80. The van der Waals surface area contributed by atoms with E-state index in [-0.39, 0.29) is 12.3 Å². The molecule has 1 aliphatic rings. The number of nitrogens with one attached hydrogen (secondary N) is 1. The minimum Gasteiger partial charge on any atom is -0.481 e. The van der Waals surface area contributed by atoms with Gasteiger partial charge in [0.25, 0.3) is 0 Å². The summed E-state index contributed by atoms with van der Waals surface area (Å²) >= 11 is 0. The van der Waals surface area contributed by atoms with Gasteiger partial charge in [0.05, 0.1) is 0 Å². The predicted molar refractivity (Wildman–Crippen MR) is 78.5 cm³/mol. The van der Waals surface area contributed by atoms with Crippen LogP contribution in [0.5, 0.6) is 0 Å². The summed E-state index contributed by atoms with van der Waals surface area (Å²) in [5.74, 6) is 0.326. The molecule has 1 atom stereocenters. The standard InChI is InChI=1S/C15H28N2O3/c1-3-17-9-7-13(8-10-17)12(2)11-16-14(18)5-4-6-15(19)20/h12-13H,3-11H2,1-2H3,(H,16,18)(H,19,20). The van der Waals surface area contributed by atoms with Crippen molar-refractivity contribution in [1.82, 2.24) is 10.2 Å². The molecule has 1 fully saturated rings. The smallest absolute Gasteiger partial charge is 0.303 e. The first-order chi connectivity index (χ1) is 9.52. The van der Waals surface area contributed by atoms with Crippen LogP contribution >= 0.6 is 0 Å². The van der Waals surface area contributed by atoms with Gasteiger partial charge in [-0.05, 0) is 50.7 Å². The fraction of sp³-hybridized carbons (Fsp3) is 0.867. The van der Waals surface area contributed by atoms with Gasteiger partial charge < -0.3 is 15.3 Å². The van der Waals surface area contributed by atoms with Crippen LogP contribution < -0.4 is 5.32 Å². The van der Waals surface area contributed by atoms with Gasteiger partial charge in [0.2, 0.25) is 5.91 Å². The van der Waals surface area contributed by atoms with Crippen molar-refractivity contribution in [1.29, 1.82) is 0 Å². The number of rotatable bonds is 8. The van der Waals surface area contributed by atoms with Gasteiger partial charge in [0, 0.05) is 19.4 Å². The van der Waals surface area contributed by atoms with E-state index >= 15 is 0 Å². The van der Waals surface area contributed by atoms with Crippen molar-refractivity contribution in [3.8, 4) is 0 Å².